The van der Waals surface area contributed by atoms with E-state index in [0.29, 0.717) is 29.9 Å². The van der Waals surface area contributed by atoms with E-state index in [2.05, 4.69) is 17.7 Å². The fourth-order valence-electron chi connectivity index (χ4n) is 7.28. The highest BCUT2D eigenvalue weighted by Gasteiger charge is 2.85. The number of benzene rings is 1. The molecule has 13 heteroatoms. The number of alkyl halides is 9. The van der Waals surface area contributed by atoms with Crippen LogP contribution < -0.4 is 4.74 Å². The topological polar surface area (TPSA) is 47.9 Å². The van der Waals surface area contributed by atoms with Crippen LogP contribution in [0.15, 0.2) is 18.2 Å². The molecule has 5 atom stereocenters. The second-order valence-corrected chi connectivity index (χ2v) is 11.2. The maximum absolute atomic E-state index is 13.0. The van der Waals surface area contributed by atoms with Crippen LogP contribution in [-0.4, -0.2) is 61.8 Å². The van der Waals surface area contributed by atoms with Crippen LogP contribution in [-0.2, 0) is 15.9 Å². The fraction of sp³-hybridized carbons (Fsp3) is 0.778. The monoisotopic (exact) mass is 592 g/mol. The molecule has 3 aliphatic carbocycles. The van der Waals surface area contributed by atoms with Gasteiger partial charge in [0.25, 0.3) is 0 Å². The molecule has 1 aromatic rings. The maximum Gasteiger partial charge on any atom is 0.435 e. The summed E-state index contributed by atoms with van der Waals surface area (Å²) < 4.78 is 132. The molecule has 0 saturated heterocycles. The summed E-state index contributed by atoms with van der Waals surface area (Å²) in [7, 11) is 0. The third kappa shape index (κ3) is 5.42. The first-order chi connectivity index (χ1) is 18.6. The Morgan fingerprint density at radius 2 is 1.55 bits per heavy atom. The highest BCUT2D eigenvalue weighted by molar-refractivity contribution is 5.40. The zero-order valence-corrected chi connectivity index (χ0v) is 21.9. The van der Waals surface area contributed by atoms with Crippen molar-refractivity contribution >= 4 is 0 Å². The molecule has 0 aliphatic heterocycles. The number of fused-ring (bicyclic) bond motifs is 5. The Hall–Kier alpha value is -1.73. The first-order valence-electron chi connectivity index (χ1n) is 13.4. The Kier molecular flexibility index (Phi) is 8.71. The molecule has 0 spiro atoms. The second kappa shape index (κ2) is 11.2. The van der Waals surface area contributed by atoms with Crippen LogP contribution >= 0.6 is 0 Å². The van der Waals surface area contributed by atoms with Crippen molar-refractivity contribution in [2.45, 2.75) is 88.0 Å². The highest BCUT2D eigenvalue weighted by atomic mass is 19.4. The van der Waals surface area contributed by atoms with Gasteiger partial charge in [0, 0.05) is 6.61 Å². The van der Waals surface area contributed by atoms with Gasteiger partial charge in [0.15, 0.2) is 0 Å². The predicted molar refractivity (Wildman–Crippen MR) is 125 cm³/mol. The van der Waals surface area contributed by atoms with E-state index in [0.717, 1.165) is 32.1 Å². The average molecular weight is 593 g/mol. The van der Waals surface area contributed by atoms with Gasteiger partial charge in [-0.15, -0.1) is 0 Å². The number of aryl methyl sites for hydroxylation is 1. The minimum atomic E-state index is -6.73. The van der Waals surface area contributed by atoms with Crippen molar-refractivity contribution < 1.29 is 58.8 Å². The lowest BCUT2D eigenvalue weighted by molar-refractivity contribution is -0.457. The summed E-state index contributed by atoms with van der Waals surface area (Å²) in [4.78, 5) is 0. The summed E-state index contributed by atoms with van der Waals surface area (Å²) in [6.45, 7) is 0.493. The molecule has 1 N–H and O–H groups in total. The number of hydrogen-bond acceptors (Lipinski definition) is 4. The molecule has 4 nitrogen and oxygen atoms in total. The van der Waals surface area contributed by atoms with Crippen LogP contribution in [0.4, 0.5) is 39.5 Å². The summed E-state index contributed by atoms with van der Waals surface area (Å²) in [6, 6.07) is 5.99. The Morgan fingerprint density at radius 3 is 2.17 bits per heavy atom. The summed E-state index contributed by atoms with van der Waals surface area (Å²) in [5, 5.41) is 8.99. The fourth-order valence-corrected chi connectivity index (χ4v) is 7.28. The normalized spacial score (nSPS) is 29.1. The first-order valence-corrected chi connectivity index (χ1v) is 13.4. The van der Waals surface area contributed by atoms with E-state index in [1.54, 1.807) is 0 Å². The summed E-state index contributed by atoms with van der Waals surface area (Å²) in [5.41, 5.74) is -4.01. The quantitative estimate of drug-likeness (QED) is 0.245. The van der Waals surface area contributed by atoms with Gasteiger partial charge in [0.2, 0.25) is 0 Å². The lowest BCUT2D eigenvalue weighted by atomic mass is 9.55. The van der Waals surface area contributed by atoms with Crippen molar-refractivity contribution in [1.82, 2.24) is 0 Å². The van der Waals surface area contributed by atoms with Gasteiger partial charge >= 0.3 is 24.1 Å². The van der Waals surface area contributed by atoms with Gasteiger partial charge < -0.3 is 19.3 Å². The number of ether oxygens (including phenoxy) is 3. The van der Waals surface area contributed by atoms with Crippen molar-refractivity contribution in [2.75, 3.05) is 26.4 Å². The third-order valence-corrected chi connectivity index (χ3v) is 9.09. The van der Waals surface area contributed by atoms with Crippen molar-refractivity contribution in [1.29, 1.82) is 0 Å². The van der Waals surface area contributed by atoms with Crippen molar-refractivity contribution in [2.24, 2.45) is 17.3 Å². The maximum atomic E-state index is 13.0. The van der Waals surface area contributed by atoms with E-state index in [9.17, 15) is 39.5 Å². The van der Waals surface area contributed by atoms with Gasteiger partial charge in [0.1, 0.15) is 12.4 Å². The molecule has 0 bridgehead atoms. The zero-order chi connectivity index (χ0) is 29.6. The van der Waals surface area contributed by atoms with E-state index in [1.807, 2.05) is 12.1 Å². The van der Waals surface area contributed by atoms with Crippen molar-refractivity contribution in [3.05, 3.63) is 29.3 Å². The number of aliphatic hydroxyl groups is 1. The molecular formula is C27H33F9O4. The van der Waals surface area contributed by atoms with Gasteiger partial charge in [-0.3, -0.25) is 0 Å². The molecule has 2 fully saturated rings. The summed E-state index contributed by atoms with van der Waals surface area (Å²) in [5.74, 6) is 1.75. The standard InChI is InChI=1S/C27H33F9O4/c1-23-10-9-19-18-6-4-17(38-14-11-37)15-16(18)3-5-20(19)21(23)7-8-22(23)39-12-2-13-40-24(25(28,29)30,26(31,32)33)27(34,35)36/h4,6,15,19-22,37H,2-3,5,7-14H2,1H3/t19?,20?,21?,22-,23-/m0/s1. The number of hydrogen-bond donors (Lipinski definition) is 1. The molecule has 0 aromatic heterocycles. The van der Waals surface area contributed by atoms with E-state index >= 15 is 0 Å². The Labute approximate surface area is 226 Å². The molecule has 4 rings (SSSR count). The van der Waals surface area contributed by atoms with E-state index in [4.69, 9.17) is 14.6 Å². The zero-order valence-electron chi connectivity index (χ0n) is 21.9. The molecule has 0 heterocycles. The number of aliphatic hydroxyl groups excluding tert-OH is 1. The Bertz CT molecular complexity index is 987. The average Bonchev–Trinajstić information content (AvgIpc) is 3.18. The Balaban J connectivity index is 1.36. The molecule has 3 unspecified atom stereocenters. The van der Waals surface area contributed by atoms with Crippen LogP contribution in [0.2, 0.25) is 0 Å². The molecule has 2 saturated carbocycles. The van der Waals surface area contributed by atoms with Gasteiger partial charge in [-0.1, -0.05) is 13.0 Å². The summed E-state index contributed by atoms with van der Waals surface area (Å²) in [6.07, 6.45) is -16.0. The molecule has 1 aromatic carbocycles. The predicted octanol–water partition coefficient (Wildman–Crippen LogP) is 7.13. The van der Waals surface area contributed by atoms with E-state index in [-0.39, 0.29) is 31.3 Å². The summed E-state index contributed by atoms with van der Waals surface area (Å²) >= 11 is 0. The lowest BCUT2D eigenvalue weighted by Gasteiger charge is -2.50. The molecule has 3 aliphatic rings. The molecule has 228 valence electrons. The smallest absolute Gasteiger partial charge is 0.435 e. The van der Waals surface area contributed by atoms with Crippen LogP contribution in [0.5, 0.6) is 5.75 Å². The largest absolute Gasteiger partial charge is 0.491 e. The lowest BCUT2D eigenvalue weighted by Crippen LogP contribution is -2.67. The molecule has 0 radical (unpaired) electrons. The second-order valence-electron chi connectivity index (χ2n) is 11.2. The van der Waals surface area contributed by atoms with Crippen molar-refractivity contribution in [3.63, 3.8) is 0 Å². The van der Waals surface area contributed by atoms with Crippen LogP contribution in [0, 0.1) is 17.3 Å². The number of rotatable bonds is 9. The van der Waals surface area contributed by atoms with Crippen LogP contribution in [0.3, 0.4) is 0 Å². The first kappa shape index (κ1) is 31.2. The third-order valence-electron chi connectivity index (χ3n) is 9.09. The highest BCUT2D eigenvalue weighted by Crippen LogP contribution is 2.62. The number of halogens is 9. The van der Waals surface area contributed by atoms with E-state index in [1.165, 1.54) is 11.1 Å². The van der Waals surface area contributed by atoms with Gasteiger partial charge in [-0.2, -0.15) is 39.5 Å². The minimum Gasteiger partial charge on any atom is -0.491 e. The minimum absolute atomic E-state index is 0.0756. The Morgan fingerprint density at radius 1 is 0.875 bits per heavy atom. The molecular weight excluding hydrogens is 559 g/mol. The van der Waals surface area contributed by atoms with Gasteiger partial charge in [-0.05, 0) is 91.4 Å². The molecule has 0 amide bonds. The van der Waals surface area contributed by atoms with Crippen LogP contribution in [0.1, 0.15) is 62.5 Å². The van der Waals surface area contributed by atoms with Crippen LogP contribution in [0.25, 0.3) is 0 Å². The van der Waals surface area contributed by atoms with E-state index < -0.39 is 37.2 Å². The van der Waals surface area contributed by atoms with Gasteiger partial charge in [0.05, 0.1) is 19.3 Å². The SMILES string of the molecule is C[C@]12CCC3c4ccc(OCCO)cc4CCC3C1CC[C@@H]2OCCCOC(C(F)(F)F)(C(F)(F)F)C(F)(F)F. The molecule has 40 heavy (non-hydrogen) atoms. The van der Waals surface area contributed by atoms with Crippen molar-refractivity contribution in [3.8, 4) is 5.75 Å². The van der Waals surface area contributed by atoms with Gasteiger partial charge in [-0.25, -0.2) is 0 Å².